The fraction of sp³-hybridized carbons (Fsp3) is 0.0943. The van der Waals surface area contributed by atoms with Crippen molar-refractivity contribution in [1.82, 2.24) is 0 Å². The number of anilines is 6. The Kier molecular flexibility index (Phi) is 8.21. The summed E-state index contributed by atoms with van der Waals surface area (Å²) < 4.78 is 16.9. The highest BCUT2D eigenvalue weighted by atomic mass is 32.1. The molecule has 0 N–H and O–H groups in total. The van der Waals surface area contributed by atoms with E-state index < -0.39 is 0 Å². The van der Waals surface area contributed by atoms with E-state index in [-0.39, 0.29) is 6.71 Å². The van der Waals surface area contributed by atoms with Gasteiger partial charge in [-0.3, -0.25) is 0 Å². The summed E-state index contributed by atoms with van der Waals surface area (Å²) in [5, 5.41) is 2.47. The van der Waals surface area contributed by atoms with Crippen molar-refractivity contribution in [2.75, 3.05) is 9.80 Å². The van der Waals surface area contributed by atoms with Crippen LogP contribution in [-0.2, 0) is 0 Å². The number of hydrogen-bond donors (Lipinski definition) is 0. The lowest BCUT2D eigenvalue weighted by atomic mass is 9.34. The minimum atomic E-state index is -0.131. The zero-order chi connectivity index (χ0) is 39.9. The molecule has 0 aliphatic carbocycles. The van der Waals surface area contributed by atoms with Crippen LogP contribution in [0.3, 0.4) is 0 Å². The minimum absolute atomic E-state index is 0.131. The highest BCUT2D eigenvalue weighted by Gasteiger charge is 2.43. The van der Waals surface area contributed by atoms with Crippen LogP contribution in [-0.4, -0.2) is 6.71 Å². The summed E-state index contributed by atoms with van der Waals surface area (Å²) in [5.41, 5.74) is 15.6. The van der Waals surface area contributed by atoms with E-state index in [0.717, 1.165) is 73.5 Å². The van der Waals surface area contributed by atoms with Gasteiger partial charge in [0.1, 0.15) is 28.7 Å². The minimum Gasteiger partial charge on any atom is -0.458 e. The normalized spacial score (nSPS) is 12.4. The highest BCUT2D eigenvalue weighted by molar-refractivity contribution is 7.26. The summed E-state index contributed by atoms with van der Waals surface area (Å²) in [6.07, 6.45) is 0. The number of thiophene rings is 1. The predicted molar refractivity (Wildman–Crippen MR) is 250 cm³/mol. The lowest BCUT2D eigenvalue weighted by Gasteiger charge is -2.37. The fourth-order valence-electron chi connectivity index (χ4n) is 8.86. The molecule has 11 rings (SSSR count). The quantitative estimate of drug-likeness (QED) is 0.157. The van der Waals surface area contributed by atoms with Crippen molar-refractivity contribution in [1.29, 1.82) is 0 Å². The second-order valence-electron chi connectivity index (χ2n) is 16.2. The maximum absolute atomic E-state index is 7.54. The van der Waals surface area contributed by atoms with Gasteiger partial charge in [0.2, 0.25) is 0 Å². The number of hydrogen-bond acceptors (Lipinski definition) is 5. The van der Waals surface area contributed by atoms with Gasteiger partial charge < -0.3 is 19.3 Å². The third kappa shape index (κ3) is 5.89. The monoisotopic (exact) mass is 780 g/mol. The van der Waals surface area contributed by atoms with E-state index in [1.807, 2.05) is 11.3 Å². The summed E-state index contributed by atoms with van der Waals surface area (Å²) in [5.74, 6) is 3.32. The molecule has 284 valence electrons. The van der Waals surface area contributed by atoms with Gasteiger partial charge in [-0.15, -0.1) is 11.3 Å². The molecule has 0 saturated heterocycles. The summed E-state index contributed by atoms with van der Waals surface area (Å²) in [6.45, 7) is 10.6. The second kappa shape index (κ2) is 13.7. The highest BCUT2D eigenvalue weighted by Crippen LogP contribution is 2.52. The van der Waals surface area contributed by atoms with E-state index in [4.69, 9.17) is 9.47 Å². The average Bonchev–Trinajstić information content (AvgIpc) is 3.62. The van der Waals surface area contributed by atoms with E-state index in [1.165, 1.54) is 48.0 Å². The van der Waals surface area contributed by atoms with Gasteiger partial charge in [0.15, 0.2) is 0 Å². The first-order chi connectivity index (χ1) is 28.8. The van der Waals surface area contributed by atoms with Crippen molar-refractivity contribution >= 4 is 88.7 Å². The summed E-state index contributed by atoms with van der Waals surface area (Å²) in [4.78, 5) is 4.71. The van der Waals surface area contributed by atoms with Crippen molar-refractivity contribution in [2.24, 2.45) is 0 Å². The second-order valence-corrected chi connectivity index (χ2v) is 17.2. The maximum atomic E-state index is 7.54. The van der Waals surface area contributed by atoms with E-state index in [0.29, 0.717) is 0 Å². The van der Waals surface area contributed by atoms with Gasteiger partial charge in [-0.1, -0.05) is 113 Å². The first-order valence-electron chi connectivity index (χ1n) is 20.3. The molecular formula is C53H41BN2O2S. The first-order valence-corrected chi connectivity index (χ1v) is 21.1. The maximum Gasteiger partial charge on any atom is 0.260 e. The van der Waals surface area contributed by atoms with E-state index in [9.17, 15) is 0 Å². The van der Waals surface area contributed by atoms with E-state index >= 15 is 0 Å². The first kappa shape index (κ1) is 35.4. The SMILES string of the molecule is Cc1ccc(N(c2ccc(C)cc2)c2cc3c4c(c2)Oc2c(cc5c(sc6ccccc65)c2N(c2ccc(C)cc2)c2ccc(C)cc2)B4c2cc(C)ccc2O3)cc1. The topological polar surface area (TPSA) is 24.9 Å². The van der Waals surface area contributed by atoms with Gasteiger partial charge in [-0.25, -0.2) is 0 Å². The number of aryl methyl sites for hydroxylation is 5. The molecule has 0 amide bonds. The van der Waals surface area contributed by atoms with Crippen LogP contribution in [0.2, 0.25) is 0 Å². The Balaban J connectivity index is 1.23. The Labute approximate surface area is 349 Å². The van der Waals surface area contributed by atoms with Crippen molar-refractivity contribution in [2.45, 2.75) is 34.6 Å². The summed E-state index contributed by atoms with van der Waals surface area (Å²) in [7, 11) is 0. The lowest BCUT2D eigenvalue weighted by Crippen LogP contribution is -2.57. The fourth-order valence-corrected chi connectivity index (χ4v) is 10.1. The van der Waals surface area contributed by atoms with Gasteiger partial charge in [0, 0.05) is 55.8 Å². The Morgan fingerprint density at radius 2 is 0.932 bits per heavy atom. The molecule has 0 radical (unpaired) electrons. The molecule has 2 aliphatic rings. The van der Waals surface area contributed by atoms with Gasteiger partial charge in [0.05, 0.1) is 10.4 Å². The third-order valence-corrected chi connectivity index (χ3v) is 13.1. The molecular weight excluding hydrogens is 739 g/mol. The zero-order valence-corrected chi connectivity index (χ0v) is 34.5. The Bertz CT molecular complexity index is 3010. The molecule has 6 heteroatoms. The molecule has 3 heterocycles. The molecule has 0 fully saturated rings. The van der Waals surface area contributed by atoms with E-state index in [1.54, 1.807) is 0 Å². The van der Waals surface area contributed by atoms with Crippen LogP contribution in [0.25, 0.3) is 20.2 Å². The molecule has 2 aliphatic heterocycles. The molecule has 1 aromatic heterocycles. The van der Waals surface area contributed by atoms with Crippen LogP contribution < -0.4 is 35.7 Å². The molecule has 8 aromatic carbocycles. The molecule has 59 heavy (non-hydrogen) atoms. The van der Waals surface area contributed by atoms with Crippen molar-refractivity contribution in [3.8, 4) is 23.0 Å². The molecule has 9 aromatic rings. The van der Waals surface area contributed by atoms with Crippen molar-refractivity contribution in [3.63, 3.8) is 0 Å². The van der Waals surface area contributed by atoms with Crippen molar-refractivity contribution in [3.05, 3.63) is 186 Å². The molecule has 0 unspecified atom stereocenters. The number of benzene rings is 8. The Hall–Kier alpha value is -6.76. The average molecular weight is 781 g/mol. The third-order valence-electron chi connectivity index (χ3n) is 11.9. The molecule has 0 atom stereocenters. The van der Waals surface area contributed by atoms with Crippen LogP contribution in [0.4, 0.5) is 34.1 Å². The van der Waals surface area contributed by atoms with Gasteiger partial charge in [-0.05, 0) is 106 Å². The smallest absolute Gasteiger partial charge is 0.260 e. The largest absolute Gasteiger partial charge is 0.458 e. The summed E-state index contributed by atoms with van der Waals surface area (Å²) >= 11 is 1.83. The number of ether oxygens (including phenoxy) is 2. The van der Waals surface area contributed by atoms with Crippen molar-refractivity contribution < 1.29 is 9.47 Å². The van der Waals surface area contributed by atoms with Crippen LogP contribution in [0.15, 0.2) is 158 Å². The standard InChI is InChI=1S/C53H41BN2O2S/c1-32-10-19-37(20-11-32)55(38-21-12-33(2)13-22-38)41-29-47-50-48(30-41)58-52-45(54(50)44-28-36(5)18-27-46(44)57-47)31-43-42-8-6-7-9-49(42)59-53(43)51(52)56(39-23-14-34(3)15-24-39)40-25-16-35(4)17-26-40/h6-31H,1-5H3. The molecule has 0 bridgehead atoms. The Morgan fingerprint density at radius 1 is 0.424 bits per heavy atom. The number of fused-ring (bicyclic) bond motifs is 7. The predicted octanol–water partition coefficient (Wildman–Crippen LogP) is 13.3. The van der Waals surface area contributed by atoms with Gasteiger partial charge >= 0.3 is 0 Å². The van der Waals surface area contributed by atoms with Crippen LogP contribution in [0.5, 0.6) is 23.0 Å². The lowest BCUT2D eigenvalue weighted by molar-refractivity contribution is 0.465. The molecule has 4 nitrogen and oxygen atoms in total. The molecule has 0 spiro atoms. The van der Waals surface area contributed by atoms with Gasteiger partial charge in [0.25, 0.3) is 6.71 Å². The van der Waals surface area contributed by atoms with E-state index in [2.05, 4.69) is 202 Å². The van der Waals surface area contributed by atoms with Crippen LogP contribution in [0, 0.1) is 34.6 Å². The number of nitrogens with zero attached hydrogens (tertiary/aromatic N) is 2. The zero-order valence-electron chi connectivity index (χ0n) is 33.7. The number of rotatable bonds is 6. The van der Waals surface area contributed by atoms with Crippen LogP contribution >= 0.6 is 11.3 Å². The summed E-state index contributed by atoms with van der Waals surface area (Å²) in [6, 6.07) is 57.4. The van der Waals surface area contributed by atoms with Crippen LogP contribution in [0.1, 0.15) is 27.8 Å². The molecule has 0 saturated carbocycles. The Morgan fingerprint density at radius 3 is 1.51 bits per heavy atom. The van der Waals surface area contributed by atoms with Gasteiger partial charge in [-0.2, -0.15) is 0 Å².